The molecule has 2 rings (SSSR count). The summed E-state index contributed by atoms with van der Waals surface area (Å²) < 4.78 is 0. The normalized spacial score (nSPS) is 24.8. The van der Waals surface area contributed by atoms with Crippen LogP contribution in [0.4, 0.5) is 0 Å². The van der Waals surface area contributed by atoms with Gasteiger partial charge < -0.3 is 5.32 Å². The molecule has 1 aliphatic rings. The standard InChI is InChI=1S/C14H20ClN/c15-11-13-7-4-8-14(13)16-10-9-12-5-2-1-3-6-12/h1-3,5-6,13-14,16H,4,7-11H2. The quantitative estimate of drug-likeness (QED) is 0.776. The Balaban J connectivity index is 1.72. The summed E-state index contributed by atoms with van der Waals surface area (Å²) in [6, 6.07) is 11.3. The van der Waals surface area contributed by atoms with Crippen molar-refractivity contribution in [2.75, 3.05) is 12.4 Å². The Morgan fingerprint density at radius 2 is 2.00 bits per heavy atom. The van der Waals surface area contributed by atoms with Crippen LogP contribution in [0.2, 0.25) is 0 Å². The molecule has 88 valence electrons. The van der Waals surface area contributed by atoms with Gasteiger partial charge in [0, 0.05) is 11.9 Å². The molecule has 0 amide bonds. The van der Waals surface area contributed by atoms with Gasteiger partial charge in [-0.25, -0.2) is 0 Å². The topological polar surface area (TPSA) is 12.0 Å². The lowest BCUT2D eigenvalue weighted by atomic mass is 10.1. The summed E-state index contributed by atoms with van der Waals surface area (Å²) >= 11 is 5.96. The van der Waals surface area contributed by atoms with Crippen molar-refractivity contribution in [3.8, 4) is 0 Å². The van der Waals surface area contributed by atoms with Crippen LogP contribution in [0.1, 0.15) is 24.8 Å². The summed E-state index contributed by atoms with van der Waals surface area (Å²) in [6.07, 6.45) is 5.05. The average Bonchev–Trinajstić information content (AvgIpc) is 2.78. The minimum absolute atomic E-state index is 0.654. The predicted octanol–water partition coefficient (Wildman–Crippen LogP) is 3.23. The number of benzene rings is 1. The maximum atomic E-state index is 5.96. The van der Waals surface area contributed by atoms with Gasteiger partial charge in [-0.05, 0) is 37.3 Å². The minimum atomic E-state index is 0.654. The second kappa shape index (κ2) is 6.27. The van der Waals surface area contributed by atoms with E-state index in [4.69, 9.17) is 11.6 Å². The van der Waals surface area contributed by atoms with Crippen LogP contribution >= 0.6 is 11.6 Å². The molecule has 1 N–H and O–H groups in total. The van der Waals surface area contributed by atoms with Gasteiger partial charge in [-0.3, -0.25) is 0 Å². The van der Waals surface area contributed by atoms with Crippen LogP contribution in [-0.4, -0.2) is 18.5 Å². The molecule has 0 aliphatic heterocycles. The third-order valence-electron chi connectivity index (χ3n) is 3.52. The first-order chi connectivity index (χ1) is 7.90. The van der Waals surface area contributed by atoms with Crippen molar-refractivity contribution in [3.63, 3.8) is 0 Å². The molecule has 2 unspecified atom stereocenters. The van der Waals surface area contributed by atoms with Crippen molar-refractivity contribution >= 4 is 11.6 Å². The van der Waals surface area contributed by atoms with Crippen LogP contribution in [0.15, 0.2) is 30.3 Å². The Morgan fingerprint density at radius 3 is 2.75 bits per heavy atom. The third-order valence-corrected chi connectivity index (χ3v) is 3.92. The molecule has 1 fully saturated rings. The highest BCUT2D eigenvalue weighted by molar-refractivity contribution is 6.18. The van der Waals surface area contributed by atoms with Crippen molar-refractivity contribution in [2.24, 2.45) is 5.92 Å². The van der Waals surface area contributed by atoms with Gasteiger partial charge in [-0.1, -0.05) is 36.8 Å². The number of rotatable bonds is 5. The smallest absolute Gasteiger partial charge is 0.0266 e. The highest BCUT2D eigenvalue weighted by Gasteiger charge is 2.25. The van der Waals surface area contributed by atoms with Gasteiger partial charge in [-0.15, -0.1) is 11.6 Å². The van der Waals surface area contributed by atoms with Gasteiger partial charge in [0.05, 0.1) is 0 Å². The van der Waals surface area contributed by atoms with E-state index >= 15 is 0 Å². The number of hydrogen-bond acceptors (Lipinski definition) is 1. The largest absolute Gasteiger partial charge is 0.313 e. The number of halogens is 1. The van der Waals surface area contributed by atoms with Crippen LogP contribution in [0.3, 0.4) is 0 Å². The predicted molar refractivity (Wildman–Crippen MR) is 70.0 cm³/mol. The first kappa shape index (κ1) is 11.9. The summed E-state index contributed by atoms with van der Waals surface area (Å²) in [5, 5.41) is 3.65. The van der Waals surface area contributed by atoms with Crippen molar-refractivity contribution in [1.29, 1.82) is 0 Å². The Morgan fingerprint density at radius 1 is 1.19 bits per heavy atom. The monoisotopic (exact) mass is 237 g/mol. The molecule has 2 atom stereocenters. The molecule has 1 aromatic carbocycles. The van der Waals surface area contributed by atoms with Crippen LogP contribution in [-0.2, 0) is 6.42 Å². The van der Waals surface area contributed by atoms with E-state index in [-0.39, 0.29) is 0 Å². The minimum Gasteiger partial charge on any atom is -0.313 e. The first-order valence-electron chi connectivity index (χ1n) is 6.23. The van der Waals surface area contributed by atoms with E-state index in [0.717, 1.165) is 18.8 Å². The average molecular weight is 238 g/mol. The van der Waals surface area contributed by atoms with Crippen molar-refractivity contribution < 1.29 is 0 Å². The molecular weight excluding hydrogens is 218 g/mol. The summed E-state index contributed by atoms with van der Waals surface area (Å²) in [6.45, 7) is 1.07. The van der Waals surface area contributed by atoms with Crippen molar-refractivity contribution in [1.82, 2.24) is 5.32 Å². The molecule has 16 heavy (non-hydrogen) atoms. The van der Waals surface area contributed by atoms with Crippen molar-refractivity contribution in [3.05, 3.63) is 35.9 Å². The van der Waals surface area contributed by atoms with E-state index in [1.165, 1.54) is 24.8 Å². The Hall–Kier alpha value is -0.530. The number of hydrogen-bond donors (Lipinski definition) is 1. The molecular formula is C14H20ClN. The van der Waals surface area contributed by atoms with Gasteiger partial charge in [0.25, 0.3) is 0 Å². The van der Waals surface area contributed by atoms with Gasteiger partial charge in [0.2, 0.25) is 0 Å². The summed E-state index contributed by atoms with van der Waals surface area (Å²) in [5.74, 6) is 1.50. The fourth-order valence-electron chi connectivity index (χ4n) is 2.54. The van der Waals surface area contributed by atoms with Crippen LogP contribution in [0, 0.1) is 5.92 Å². The number of alkyl halides is 1. The SMILES string of the molecule is ClCC1CCCC1NCCc1ccccc1. The lowest BCUT2D eigenvalue weighted by Gasteiger charge is -2.18. The molecule has 1 aliphatic carbocycles. The zero-order valence-electron chi connectivity index (χ0n) is 9.66. The fourth-order valence-corrected chi connectivity index (χ4v) is 2.91. The second-order valence-electron chi connectivity index (χ2n) is 4.64. The van der Waals surface area contributed by atoms with Gasteiger partial charge >= 0.3 is 0 Å². The second-order valence-corrected chi connectivity index (χ2v) is 4.95. The molecule has 0 aromatic heterocycles. The van der Waals surface area contributed by atoms with E-state index in [1.807, 2.05) is 0 Å². The maximum Gasteiger partial charge on any atom is 0.0266 e. The van der Waals surface area contributed by atoms with Crippen LogP contribution < -0.4 is 5.32 Å². The van der Waals surface area contributed by atoms with E-state index < -0.39 is 0 Å². The summed E-state index contributed by atoms with van der Waals surface area (Å²) in [4.78, 5) is 0. The highest BCUT2D eigenvalue weighted by atomic mass is 35.5. The Labute approximate surface area is 103 Å². The van der Waals surface area contributed by atoms with E-state index in [0.29, 0.717) is 12.0 Å². The van der Waals surface area contributed by atoms with Crippen molar-refractivity contribution in [2.45, 2.75) is 31.7 Å². The lowest BCUT2D eigenvalue weighted by Crippen LogP contribution is -2.34. The van der Waals surface area contributed by atoms with Crippen LogP contribution in [0.5, 0.6) is 0 Å². The molecule has 0 radical (unpaired) electrons. The third kappa shape index (κ3) is 3.23. The Kier molecular flexibility index (Phi) is 4.68. The maximum absolute atomic E-state index is 5.96. The lowest BCUT2D eigenvalue weighted by molar-refractivity contribution is 0.433. The molecule has 0 bridgehead atoms. The van der Waals surface area contributed by atoms with E-state index in [2.05, 4.69) is 35.6 Å². The number of nitrogens with one attached hydrogen (secondary N) is 1. The van der Waals surface area contributed by atoms with E-state index in [1.54, 1.807) is 0 Å². The molecule has 2 heteroatoms. The van der Waals surface area contributed by atoms with Crippen LogP contribution in [0.25, 0.3) is 0 Å². The van der Waals surface area contributed by atoms with Gasteiger partial charge in [-0.2, -0.15) is 0 Å². The highest BCUT2D eigenvalue weighted by Crippen LogP contribution is 2.26. The molecule has 0 saturated heterocycles. The van der Waals surface area contributed by atoms with Gasteiger partial charge in [0.1, 0.15) is 0 Å². The Bertz CT molecular complexity index is 299. The summed E-state index contributed by atoms with van der Waals surface area (Å²) in [5.41, 5.74) is 1.41. The fraction of sp³-hybridized carbons (Fsp3) is 0.571. The molecule has 0 heterocycles. The van der Waals surface area contributed by atoms with E-state index in [9.17, 15) is 0 Å². The summed E-state index contributed by atoms with van der Waals surface area (Å²) in [7, 11) is 0. The molecule has 1 aromatic rings. The first-order valence-corrected chi connectivity index (χ1v) is 6.77. The molecule has 1 saturated carbocycles. The molecule has 1 nitrogen and oxygen atoms in total. The van der Waals surface area contributed by atoms with Gasteiger partial charge in [0.15, 0.2) is 0 Å². The zero-order chi connectivity index (χ0) is 11.2. The molecule has 0 spiro atoms. The zero-order valence-corrected chi connectivity index (χ0v) is 10.4.